The number of nitrogens with one attached hydrogen (secondary N) is 1. The van der Waals surface area contributed by atoms with E-state index in [4.69, 9.17) is 11.6 Å². The van der Waals surface area contributed by atoms with Crippen molar-refractivity contribution in [1.82, 2.24) is 0 Å². The maximum Gasteiger partial charge on any atom is 0.289 e. The average molecular weight is 388 g/mol. The number of carbonyl (C=O) groups excluding carboxylic acids is 2. The zero-order valence-electron chi connectivity index (χ0n) is 14.9. The summed E-state index contributed by atoms with van der Waals surface area (Å²) in [7, 11) is 0. The second-order valence-electron chi connectivity index (χ2n) is 6.59. The molecule has 0 radical (unpaired) electrons. The molecule has 1 heterocycles. The Kier molecular flexibility index (Phi) is 5.14. The largest absolute Gasteiger partial charge is 0.326 e. The van der Waals surface area contributed by atoms with E-state index in [1.54, 1.807) is 4.90 Å². The molecule has 7 nitrogen and oxygen atoms in total. The molecule has 1 aliphatic heterocycles. The predicted octanol–water partition coefficient (Wildman–Crippen LogP) is 3.86. The van der Waals surface area contributed by atoms with E-state index in [1.807, 2.05) is 32.0 Å². The van der Waals surface area contributed by atoms with Crippen LogP contribution in [0.1, 0.15) is 17.5 Å². The monoisotopic (exact) mass is 387 g/mol. The molecule has 2 aromatic carbocycles. The molecular weight excluding hydrogens is 370 g/mol. The number of amides is 2. The van der Waals surface area contributed by atoms with Crippen LogP contribution in [0.4, 0.5) is 17.1 Å². The molecule has 0 aromatic heterocycles. The van der Waals surface area contributed by atoms with Crippen molar-refractivity contribution >= 4 is 40.5 Å². The van der Waals surface area contributed by atoms with Gasteiger partial charge in [-0.1, -0.05) is 17.7 Å². The molecule has 1 atom stereocenters. The Morgan fingerprint density at radius 1 is 1.22 bits per heavy atom. The van der Waals surface area contributed by atoms with E-state index < -0.39 is 10.8 Å². The Balaban J connectivity index is 1.73. The van der Waals surface area contributed by atoms with Crippen molar-refractivity contribution in [2.45, 2.75) is 20.3 Å². The maximum atomic E-state index is 12.5. The fourth-order valence-electron chi connectivity index (χ4n) is 3.00. The van der Waals surface area contributed by atoms with Gasteiger partial charge in [0.1, 0.15) is 5.02 Å². The van der Waals surface area contributed by atoms with Crippen molar-refractivity contribution in [2.24, 2.45) is 5.92 Å². The summed E-state index contributed by atoms with van der Waals surface area (Å²) in [5, 5.41) is 13.6. The summed E-state index contributed by atoms with van der Waals surface area (Å²) in [6, 6.07) is 9.79. The number of nitro groups is 1. The topological polar surface area (TPSA) is 92.6 Å². The number of halogens is 1. The van der Waals surface area contributed by atoms with Gasteiger partial charge in [0.05, 0.1) is 10.8 Å². The normalized spacial score (nSPS) is 16.5. The van der Waals surface area contributed by atoms with Gasteiger partial charge in [0.15, 0.2) is 0 Å². The lowest BCUT2D eigenvalue weighted by Crippen LogP contribution is -2.28. The first-order valence-electron chi connectivity index (χ1n) is 8.38. The van der Waals surface area contributed by atoms with Crippen LogP contribution in [0.15, 0.2) is 36.4 Å². The number of nitrogens with zero attached hydrogens (tertiary/aromatic N) is 2. The van der Waals surface area contributed by atoms with Crippen LogP contribution in [0, 0.1) is 29.9 Å². The highest BCUT2D eigenvalue weighted by atomic mass is 35.5. The van der Waals surface area contributed by atoms with Gasteiger partial charge in [0.2, 0.25) is 11.8 Å². The third-order valence-electron chi connectivity index (χ3n) is 4.71. The molecule has 0 spiro atoms. The fraction of sp³-hybridized carbons (Fsp3) is 0.263. The lowest BCUT2D eigenvalue weighted by Gasteiger charge is -2.18. The standard InChI is InChI=1S/C19H18ClN3O4/c1-11-3-5-15(7-12(11)2)22-10-13(8-18(22)24)19(25)21-14-4-6-16(20)17(9-14)23(26)27/h3-7,9,13H,8,10H2,1-2H3,(H,21,25)/t13-/m0/s1. The van der Waals surface area contributed by atoms with Crippen LogP contribution in [0.5, 0.6) is 0 Å². The number of rotatable bonds is 4. The number of hydrogen-bond donors (Lipinski definition) is 1. The van der Waals surface area contributed by atoms with Gasteiger partial charge in [0, 0.05) is 30.4 Å². The lowest BCUT2D eigenvalue weighted by molar-refractivity contribution is -0.384. The second kappa shape index (κ2) is 7.36. The highest BCUT2D eigenvalue weighted by molar-refractivity contribution is 6.32. The Bertz CT molecular complexity index is 945. The molecule has 1 N–H and O–H groups in total. The van der Waals surface area contributed by atoms with Crippen molar-refractivity contribution in [3.05, 3.63) is 62.7 Å². The third-order valence-corrected chi connectivity index (χ3v) is 5.03. The first-order chi connectivity index (χ1) is 12.8. The first kappa shape index (κ1) is 18.8. The van der Waals surface area contributed by atoms with Crippen LogP contribution < -0.4 is 10.2 Å². The molecule has 1 aliphatic rings. The molecular formula is C19H18ClN3O4. The highest BCUT2D eigenvalue weighted by Gasteiger charge is 2.35. The summed E-state index contributed by atoms with van der Waals surface area (Å²) >= 11 is 5.78. The molecule has 1 fully saturated rings. The van der Waals surface area contributed by atoms with E-state index >= 15 is 0 Å². The minimum Gasteiger partial charge on any atom is -0.326 e. The Morgan fingerprint density at radius 2 is 1.96 bits per heavy atom. The zero-order valence-corrected chi connectivity index (χ0v) is 15.6. The maximum absolute atomic E-state index is 12.5. The van der Waals surface area contributed by atoms with Gasteiger partial charge in [-0.3, -0.25) is 19.7 Å². The molecule has 2 aromatic rings. The highest BCUT2D eigenvalue weighted by Crippen LogP contribution is 2.30. The quantitative estimate of drug-likeness (QED) is 0.636. The van der Waals surface area contributed by atoms with E-state index in [2.05, 4.69) is 5.32 Å². The third kappa shape index (κ3) is 3.93. The molecule has 8 heteroatoms. The van der Waals surface area contributed by atoms with E-state index in [-0.39, 0.29) is 41.2 Å². The van der Waals surface area contributed by atoms with Crippen molar-refractivity contribution in [3.8, 4) is 0 Å². The van der Waals surface area contributed by atoms with Gasteiger partial charge in [-0.25, -0.2) is 0 Å². The number of aryl methyl sites for hydroxylation is 2. The number of anilines is 2. The van der Waals surface area contributed by atoms with Crippen LogP contribution >= 0.6 is 11.6 Å². The van der Waals surface area contributed by atoms with E-state index in [1.165, 1.54) is 18.2 Å². The van der Waals surface area contributed by atoms with Crippen molar-refractivity contribution < 1.29 is 14.5 Å². The van der Waals surface area contributed by atoms with E-state index in [9.17, 15) is 19.7 Å². The smallest absolute Gasteiger partial charge is 0.289 e. The average Bonchev–Trinajstić information content (AvgIpc) is 3.00. The molecule has 0 aliphatic carbocycles. The Morgan fingerprint density at radius 3 is 2.63 bits per heavy atom. The van der Waals surface area contributed by atoms with Gasteiger partial charge >= 0.3 is 0 Å². The summed E-state index contributed by atoms with van der Waals surface area (Å²) in [6.07, 6.45) is 0.0917. The molecule has 1 saturated heterocycles. The van der Waals surface area contributed by atoms with Crippen LogP contribution in [-0.4, -0.2) is 23.3 Å². The molecule has 27 heavy (non-hydrogen) atoms. The van der Waals surface area contributed by atoms with Crippen molar-refractivity contribution in [3.63, 3.8) is 0 Å². The van der Waals surface area contributed by atoms with Gasteiger partial charge in [-0.05, 0) is 49.2 Å². The Labute approximate surface area is 161 Å². The Hall–Kier alpha value is -2.93. The number of carbonyl (C=O) groups is 2. The number of hydrogen-bond acceptors (Lipinski definition) is 4. The van der Waals surface area contributed by atoms with Crippen LogP contribution in [0.2, 0.25) is 5.02 Å². The predicted molar refractivity (Wildman–Crippen MR) is 103 cm³/mol. The number of nitro benzene ring substituents is 1. The number of benzene rings is 2. The minimum absolute atomic E-state index is 0.00467. The van der Waals surface area contributed by atoms with Crippen molar-refractivity contribution in [2.75, 3.05) is 16.8 Å². The molecule has 0 unspecified atom stereocenters. The SMILES string of the molecule is Cc1ccc(N2C[C@@H](C(=O)Nc3ccc(Cl)c([N+](=O)[O-])c3)CC2=O)cc1C. The molecule has 0 saturated carbocycles. The van der Waals surface area contributed by atoms with Gasteiger partial charge in [-0.2, -0.15) is 0 Å². The van der Waals surface area contributed by atoms with Crippen LogP contribution in [0.25, 0.3) is 0 Å². The first-order valence-corrected chi connectivity index (χ1v) is 8.76. The van der Waals surface area contributed by atoms with Crippen molar-refractivity contribution in [1.29, 1.82) is 0 Å². The summed E-state index contributed by atoms with van der Waals surface area (Å²) in [5.74, 6) is -1.01. The van der Waals surface area contributed by atoms with Gasteiger partial charge in [0.25, 0.3) is 5.69 Å². The molecule has 2 amide bonds. The summed E-state index contributed by atoms with van der Waals surface area (Å²) in [6.45, 7) is 4.23. The lowest BCUT2D eigenvalue weighted by atomic mass is 10.1. The summed E-state index contributed by atoms with van der Waals surface area (Å²) < 4.78 is 0. The summed E-state index contributed by atoms with van der Waals surface area (Å²) in [5.41, 5.74) is 2.95. The van der Waals surface area contributed by atoms with Crippen LogP contribution in [0.3, 0.4) is 0 Å². The van der Waals surface area contributed by atoms with Gasteiger partial charge in [-0.15, -0.1) is 0 Å². The molecule has 140 valence electrons. The molecule has 3 rings (SSSR count). The fourth-order valence-corrected chi connectivity index (χ4v) is 3.19. The summed E-state index contributed by atoms with van der Waals surface area (Å²) in [4.78, 5) is 36.8. The van der Waals surface area contributed by atoms with E-state index in [0.29, 0.717) is 0 Å². The van der Waals surface area contributed by atoms with Crippen LogP contribution in [-0.2, 0) is 9.59 Å². The zero-order chi connectivity index (χ0) is 19.7. The van der Waals surface area contributed by atoms with Gasteiger partial charge < -0.3 is 10.2 Å². The van der Waals surface area contributed by atoms with E-state index in [0.717, 1.165) is 16.8 Å². The minimum atomic E-state index is -0.613. The molecule has 0 bridgehead atoms. The second-order valence-corrected chi connectivity index (χ2v) is 6.99.